The number of rotatable bonds is 16. The average Bonchev–Trinajstić information content (AvgIpc) is 3.35. The first kappa shape index (κ1) is 42.3. The molecule has 1 aliphatic heterocycles. The van der Waals surface area contributed by atoms with Crippen LogP contribution in [-0.2, 0) is 33.5 Å². The van der Waals surface area contributed by atoms with Crippen molar-refractivity contribution >= 4 is 41.2 Å². The number of ketones is 3. The molecule has 12 heteroatoms. The number of carbonyl (C=O) groups excluding carboxylic acids is 7. The van der Waals surface area contributed by atoms with Crippen molar-refractivity contribution in [1.29, 1.82) is 0 Å². The van der Waals surface area contributed by atoms with Crippen molar-refractivity contribution in [2.75, 3.05) is 20.6 Å². The predicted molar refractivity (Wildman–Crippen MR) is 197 cm³/mol. The number of alkyl carbamates (subject to hydrolysis) is 1. The van der Waals surface area contributed by atoms with Crippen molar-refractivity contribution in [3.63, 3.8) is 0 Å². The Labute approximate surface area is 309 Å². The minimum atomic E-state index is -0.971. The molecule has 0 bridgehead atoms. The SMILES string of the molecule is CCCC(CC(=O)[C@@H]1[C@@H]2[C@H](CN1C(=O)[C@@H](NC(=O)OC(C)(C)C)C(C)(C)C)C2(C)C)C(=O)C(=O)CCC(=O)N[C@@H](CC(=O)N(C)C)c1ccccc1. The minimum absolute atomic E-state index is 0.0310. The number of nitrogens with zero attached hydrogens (tertiary/aromatic N) is 2. The molecule has 3 rings (SSSR count). The van der Waals surface area contributed by atoms with E-state index < -0.39 is 58.6 Å². The standard InChI is InChI=1S/C40H60N4O8/c1-12-16-25(34(49)28(45)19-20-30(47)41-27(22-31(48)43(10)11)24-17-14-13-15-18-24)21-29(46)33-32-26(40(32,8)9)23-44(33)36(50)35(38(2,3)4)42-37(51)52-39(5,6)7/h13-15,17-18,25-27,32-33,35H,12,16,19-23H2,1-11H3,(H,41,47)(H,42,51)/t25?,26-,27-,32-,33+,35+/m0/s1. The van der Waals surface area contributed by atoms with E-state index in [0.29, 0.717) is 19.4 Å². The van der Waals surface area contributed by atoms with Crippen LogP contribution in [0.25, 0.3) is 0 Å². The zero-order chi connectivity index (χ0) is 39.3. The van der Waals surface area contributed by atoms with Gasteiger partial charge in [-0.05, 0) is 55.4 Å². The fourth-order valence-electron chi connectivity index (χ4n) is 7.30. The molecule has 2 fully saturated rings. The van der Waals surface area contributed by atoms with Crippen molar-refractivity contribution < 1.29 is 38.3 Å². The second-order valence-corrected chi connectivity index (χ2v) is 17.3. The fraction of sp³-hybridized carbons (Fsp3) is 0.675. The van der Waals surface area contributed by atoms with Crippen LogP contribution in [0.1, 0.15) is 112 Å². The predicted octanol–water partition coefficient (Wildman–Crippen LogP) is 5.04. The van der Waals surface area contributed by atoms with Gasteiger partial charge in [-0.1, -0.05) is 78.3 Å². The van der Waals surface area contributed by atoms with Gasteiger partial charge in [-0.2, -0.15) is 0 Å². The molecule has 52 heavy (non-hydrogen) atoms. The number of benzene rings is 1. The normalized spacial score (nSPS) is 20.8. The minimum Gasteiger partial charge on any atom is -0.444 e. The van der Waals surface area contributed by atoms with E-state index >= 15 is 0 Å². The molecule has 12 nitrogen and oxygen atoms in total. The van der Waals surface area contributed by atoms with Crippen LogP contribution >= 0.6 is 0 Å². The van der Waals surface area contributed by atoms with Crippen molar-refractivity contribution in [2.24, 2.45) is 28.6 Å². The quantitative estimate of drug-likeness (QED) is 0.225. The van der Waals surface area contributed by atoms with Gasteiger partial charge in [0.15, 0.2) is 11.6 Å². The summed E-state index contributed by atoms with van der Waals surface area (Å²) in [5, 5.41) is 5.57. The molecule has 2 N–H and O–H groups in total. The molecule has 1 aromatic carbocycles. The first-order valence-corrected chi connectivity index (χ1v) is 18.4. The van der Waals surface area contributed by atoms with Crippen LogP contribution in [0, 0.1) is 28.6 Å². The summed E-state index contributed by atoms with van der Waals surface area (Å²) in [5.74, 6) is -3.68. The Bertz CT molecular complexity index is 1510. The highest BCUT2D eigenvalue weighted by Crippen LogP contribution is 2.65. The smallest absolute Gasteiger partial charge is 0.408 e. The second kappa shape index (κ2) is 16.7. The highest BCUT2D eigenvalue weighted by atomic mass is 16.6. The summed E-state index contributed by atoms with van der Waals surface area (Å²) in [4.78, 5) is 96.3. The van der Waals surface area contributed by atoms with Crippen molar-refractivity contribution in [3.05, 3.63) is 35.9 Å². The van der Waals surface area contributed by atoms with Crippen LogP contribution in [0.2, 0.25) is 0 Å². The molecule has 1 aliphatic carbocycles. The number of amides is 4. The highest BCUT2D eigenvalue weighted by molar-refractivity contribution is 6.38. The molecule has 1 aromatic rings. The van der Waals surface area contributed by atoms with Gasteiger partial charge in [0, 0.05) is 45.8 Å². The lowest BCUT2D eigenvalue weighted by molar-refractivity contribution is -0.145. The molecule has 1 saturated carbocycles. The van der Waals surface area contributed by atoms with Crippen LogP contribution in [0.4, 0.5) is 4.79 Å². The van der Waals surface area contributed by atoms with Crippen LogP contribution in [0.3, 0.4) is 0 Å². The topological polar surface area (TPSA) is 159 Å². The first-order chi connectivity index (χ1) is 24.0. The van der Waals surface area contributed by atoms with E-state index in [2.05, 4.69) is 24.5 Å². The summed E-state index contributed by atoms with van der Waals surface area (Å²) in [7, 11) is 3.26. The van der Waals surface area contributed by atoms with Gasteiger partial charge in [-0.3, -0.25) is 28.8 Å². The number of nitrogens with one attached hydrogen (secondary N) is 2. The summed E-state index contributed by atoms with van der Waals surface area (Å²) >= 11 is 0. The number of likely N-dealkylation sites (tertiary alicyclic amines) is 1. The molecular formula is C40H60N4O8. The van der Waals surface area contributed by atoms with Crippen molar-refractivity contribution in [3.8, 4) is 0 Å². The van der Waals surface area contributed by atoms with Crippen LogP contribution < -0.4 is 10.6 Å². The van der Waals surface area contributed by atoms with E-state index in [1.807, 2.05) is 33.8 Å². The average molecular weight is 725 g/mol. The van der Waals surface area contributed by atoms with E-state index in [1.54, 1.807) is 64.0 Å². The second-order valence-electron chi connectivity index (χ2n) is 17.3. The Morgan fingerprint density at radius 1 is 0.923 bits per heavy atom. The van der Waals surface area contributed by atoms with Crippen LogP contribution in [-0.4, -0.2) is 89.3 Å². The number of ether oxygens (including phenoxy) is 1. The Morgan fingerprint density at radius 2 is 1.54 bits per heavy atom. The van der Waals surface area contributed by atoms with Crippen molar-refractivity contribution in [1.82, 2.24) is 20.4 Å². The number of Topliss-reactive ketones (excluding diaryl/α,β-unsaturated/α-hetero) is 3. The Kier molecular flexibility index (Phi) is 13.6. The molecule has 4 amide bonds. The number of hydrogen-bond acceptors (Lipinski definition) is 8. The molecule has 0 aromatic heterocycles. The molecular weight excluding hydrogens is 664 g/mol. The van der Waals surface area contributed by atoms with Gasteiger partial charge in [0.2, 0.25) is 23.5 Å². The highest BCUT2D eigenvalue weighted by Gasteiger charge is 2.69. The number of piperidine rings is 1. The zero-order valence-corrected chi connectivity index (χ0v) is 33.0. The van der Waals surface area contributed by atoms with Crippen LogP contribution in [0.5, 0.6) is 0 Å². The summed E-state index contributed by atoms with van der Waals surface area (Å²) in [6.07, 6.45) is -0.645. The van der Waals surface area contributed by atoms with Gasteiger partial charge >= 0.3 is 6.09 Å². The number of fused-ring (bicyclic) bond motifs is 1. The molecule has 1 heterocycles. The molecule has 2 aliphatic rings. The third-order valence-electron chi connectivity index (χ3n) is 10.3. The van der Waals surface area contributed by atoms with Gasteiger partial charge < -0.3 is 25.2 Å². The molecule has 1 saturated heterocycles. The van der Waals surface area contributed by atoms with Gasteiger partial charge in [-0.25, -0.2) is 4.79 Å². The summed E-state index contributed by atoms with van der Waals surface area (Å²) in [6.45, 7) is 17.0. The molecule has 288 valence electrons. The van der Waals surface area contributed by atoms with E-state index in [1.165, 1.54) is 4.90 Å². The number of hydrogen-bond donors (Lipinski definition) is 2. The summed E-state index contributed by atoms with van der Waals surface area (Å²) in [6, 6.07) is 6.68. The van der Waals surface area contributed by atoms with Crippen LogP contribution in [0.15, 0.2) is 30.3 Å². The lowest BCUT2D eigenvalue weighted by Gasteiger charge is -2.38. The molecule has 0 radical (unpaired) electrons. The molecule has 6 atom stereocenters. The van der Waals surface area contributed by atoms with Gasteiger partial charge in [0.1, 0.15) is 11.6 Å². The lowest BCUT2D eigenvalue weighted by atomic mass is 9.84. The monoisotopic (exact) mass is 724 g/mol. The third-order valence-corrected chi connectivity index (χ3v) is 10.3. The van der Waals surface area contributed by atoms with Gasteiger partial charge in [-0.15, -0.1) is 0 Å². The van der Waals surface area contributed by atoms with Crippen molar-refractivity contribution in [2.45, 2.75) is 125 Å². The molecule has 1 unspecified atom stereocenters. The zero-order valence-electron chi connectivity index (χ0n) is 33.0. The maximum Gasteiger partial charge on any atom is 0.408 e. The Hall–Kier alpha value is -4.09. The third kappa shape index (κ3) is 10.7. The maximum absolute atomic E-state index is 14.2. The fourth-order valence-corrected chi connectivity index (χ4v) is 7.30. The maximum atomic E-state index is 14.2. The van der Waals surface area contributed by atoms with Gasteiger partial charge in [0.05, 0.1) is 18.5 Å². The van der Waals surface area contributed by atoms with E-state index in [0.717, 1.165) is 5.56 Å². The van der Waals surface area contributed by atoms with Gasteiger partial charge in [0.25, 0.3) is 0 Å². The Balaban J connectivity index is 1.72. The van der Waals surface area contributed by atoms with E-state index in [9.17, 15) is 33.6 Å². The van der Waals surface area contributed by atoms with E-state index in [4.69, 9.17) is 4.74 Å². The molecule has 0 spiro atoms. The number of carbonyl (C=O) groups is 7. The Morgan fingerprint density at radius 3 is 2.08 bits per heavy atom. The summed E-state index contributed by atoms with van der Waals surface area (Å²) in [5.41, 5.74) is -0.918. The lowest BCUT2D eigenvalue weighted by Crippen LogP contribution is -2.58. The van der Waals surface area contributed by atoms with E-state index in [-0.39, 0.29) is 60.5 Å². The largest absolute Gasteiger partial charge is 0.444 e. The first-order valence-electron chi connectivity index (χ1n) is 18.4. The summed E-state index contributed by atoms with van der Waals surface area (Å²) < 4.78 is 5.44.